The second kappa shape index (κ2) is 11.0. The van der Waals surface area contributed by atoms with Gasteiger partial charge in [0.25, 0.3) is 0 Å². The zero-order valence-electron chi connectivity index (χ0n) is 20.9. The summed E-state index contributed by atoms with van der Waals surface area (Å²) in [5.74, 6) is -1.19. The Balaban J connectivity index is 1.76. The van der Waals surface area contributed by atoms with Gasteiger partial charge in [-0.2, -0.15) is 0 Å². The number of benzene rings is 1. The molecule has 0 radical (unpaired) electrons. The Labute approximate surface area is 218 Å². The van der Waals surface area contributed by atoms with Crippen LogP contribution in [0.3, 0.4) is 0 Å². The number of hydrogen-bond acceptors (Lipinski definition) is 8. The molecule has 3 heterocycles. The van der Waals surface area contributed by atoms with E-state index in [0.29, 0.717) is 29.4 Å². The molecule has 1 atom stereocenters. The molecule has 3 aromatic heterocycles. The van der Waals surface area contributed by atoms with Gasteiger partial charge in [0.05, 0.1) is 21.8 Å². The van der Waals surface area contributed by atoms with Crippen molar-refractivity contribution in [2.24, 2.45) is 11.7 Å². The number of aromatic nitrogens is 4. The minimum atomic E-state index is -0.922. The van der Waals surface area contributed by atoms with Crippen molar-refractivity contribution in [2.45, 2.75) is 32.6 Å². The molecule has 5 N–H and O–H groups in total. The number of nitrogens with two attached hydrogens (primary N) is 1. The van der Waals surface area contributed by atoms with Gasteiger partial charge in [0, 0.05) is 41.7 Å². The first-order chi connectivity index (χ1) is 17.7. The molecule has 0 aliphatic rings. The number of amides is 2. The highest BCUT2D eigenvalue weighted by Gasteiger charge is 2.38. The maximum Gasteiger partial charge on any atom is 0.321 e. The van der Waals surface area contributed by atoms with Crippen LogP contribution < -0.4 is 16.4 Å². The van der Waals surface area contributed by atoms with E-state index >= 15 is 0 Å². The van der Waals surface area contributed by atoms with Crippen molar-refractivity contribution in [2.75, 3.05) is 18.4 Å². The summed E-state index contributed by atoms with van der Waals surface area (Å²) in [6, 6.07) is 9.27. The van der Waals surface area contributed by atoms with E-state index in [1.807, 2.05) is 51.1 Å². The summed E-state index contributed by atoms with van der Waals surface area (Å²) in [6.45, 7) is 6.25. The van der Waals surface area contributed by atoms with Crippen LogP contribution in [0.15, 0.2) is 48.9 Å². The number of carbonyl (C=O) groups is 2. The number of rotatable bonds is 9. The Morgan fingerprint density at radius 3 is 2.51 bits per heavy atom. The highest BCUT2D eigenvalue weighted by Crippen LogP contribution is 2.38. The number of carbonyl (C=O) groups excluding carboxylic acids is 1. The minimum Gasteiger partial charge on any atom is -0.481 e. The topological polar surface area (TPSA) is 156 Å². The third-order valence-corrected chi connectivity index (χ3v) is 7.19. The molecule has 0 bridgehead atoms. The van der Waals surface area contributed by atoms with Crippen LogP contribution in [0.25, 0.3) is 32.6 Å². The molecule has 1 unspecified atom stereocenters. The van der Waals surface area contributed by atoms with Gasteiger partial charge >= 0.3 is 12.0 Å². The number of anilines is 1. The SMILES string of the molecule is CCNC(=O)Nc1nc2cc(-c3cnc(C(C)(C)C(CCN)C(=O)O)nc3)cc(-c3ccccn3)c2s1. The van der Waals surface area contributed by atoms with Crippen LogP contribution in [0.2, 0.25) is 0 Å². The molecule has 0 spiro atoms. The zero-order chi connectivity index (χ0) is 26.6. The van der Waals surface area contributed by atoms with E-state index in [2.05, 4.69) is 30.6 Å². The molecular formula is C26H29N7O3S. The Kier molecular flexibility index (Phi) is 7.74. The predicted octanol–water partition coefficient (Wildman–Crippen LogP) is 4.28. The largest absolute Gasteiger partial charge is 0.481 e. The van der Waals surface area contributed by atoms with Gasteiger partial charge in [0.2, 0.25) is 0 Å². The molecule has 2 amide bonds. The number of pyridine rings is 1. The second-order valence-electron chi connectivity index (χ2n) is 9.08. The molecule has 0 fully saturated rings. The van der Waals surface area contributed by atoms with Gasteiger partial charge in [-0.15, -0.1) is 0 Å². The number of nitrogens with one attached hydrogen (secondary N) is 2. The lowest BCUT2D eigenvalue weighted by atomic mass is 9.76. The van der Waals surface area contributed by atoms with Gasteiger partial charge in [-0.3, -0.25) is 15.1 Å². The summed E-state index contributed by atoms with van der Waals surface area (Å²) >= 11 is 1.37. The van der Waals surface area contributed by atoms with Gasteiger partial charge in [-0.25, -0.2) is 19.7 Å². The van der Waals surface area contributed by atoms with Gasteiger partial charge in [-0.1, -0.05) is 31.3 Å². The van der Waals surface area contributed by atoms with Crippen molar-refractivity contribution in [1.82, 2.24) is 25.3 Å². The Morgan fingerprint density at radius 1 is 1.14 bits per heavy atom. The fourth-order valence-corrected chi connectivity index (χ4v) is 5.16. The third kappa shape index (κ3) is 5.57. The molecular weight excluding hydrogens is 490 g/mol. The molecule has 4 aromatic rings. The molecule has 0 aliphatic heterocycles. The van der Waals surface area contributed by atoms with Crippen LogP contribution in [0.4, 0.5) is 9.93 Å². The first-order valence-electron chi connectivity index (χ1n) is 11.9. The molecule has 11 heteroatoms. The monoisotopic (exact) mass is 519 g/mol. The van der Waals surface area contributed by atoms with Gasteiger partial charge in [0.15, 0.2) is 5.13 Å². The van der Waals surface area contributed by atoms with Crippen LogP contribution in [0.1, 0.15) is 33.0 Å². The lowest BCUT2D eigenvalue weighted by Crippen LogP contribution is -2.37. The fraction of sp³-hybridized carbons (Fsp3) is 0.308. The number of carboxylic acid groups (broad SMARTS) is 1. The summed E-state index contributed by atoms with van der Waals surface area (Å²) in [7, 11) is 0. The molecule has 0 saturated heterocycles. The smallest absolute Gasteiger partial charge is 0.321 e. The first-order valence-corrected chi connectivity index (χ1v) is 12.7. The van der Waals surface area contributed by atoms with Crippen molar-refractivity contribution >= 4 is 38.7 Å². The van der Waals surface area contributed by atoms with Crippen molar-refractivity contribution in [3.63, 3.8) is 0 Å². The average molecular weight is 520 g/mol. The van der Waals surface area contributed by atoms with Crippen molar-refractivity contribution in [3.8, 4) is 22.4 Å². The van der Waals surface area contributed by atoms with Crippen LogP contribution in [-0.2, 0) is 10.2 Å². The number of thiazole rings is 1. The number of hydrogen-bond donors (Lipinski definition) is 4. The van der Waals surface area contributed by atoms with E-state index in [0.717, 1.165) is 27.1 Å². The standard InChI is InChI=1S/C26H29N7O3S/c1-4-28-24(36)33-25-32-20-12-15(11-17(21(20)37-25)19-7-5-6-10-29-19)16-13-30-23(31-14-16)26(2,3)18(8-9-27)22(34)35/h5-7,10-14,18H,4,8-9,27H2,1-3H3,(H,34,35)(H2,28,32,33,36). The summed E-state index contributed by atoms with van der Waals surface area (Å²) in [4.78, 5) is 42.1. The molecule has 1 aromatic carbocycles. The maximum atomic E-state index is 12.0. The normalized spacial score (nSPS) is 12.3. The van der Waals surface area contributed by atoms with Crippen molar-refractivity contribution in [1.29, 1.82) is 0 Å². The molecule has 0 saturated carbocycles. The van der Waals surface area contributed by atoms with E-state index in [9.17, 15) is 14.7 Å². The highest BCUT2D eigenvalue weighted by molar-refractivity contribution is 7.22. The quantitative estimate of drug-likeness (QED) is 0.255. The summed E-state index contributed by atoms with van der Waals surface area (Å²) in [5.41, 5.74) is 8.76. The summed E-state index contributed by atoms with van der Waals surface area (Å²) < 4.78 is 0.888. The zero-order valence-corrected chi connectivity index (χ0v) is 21.7. The fourth-order valence-electron chi connectivity index (χ4n) is 4.19. The van der Waals surface area contributed by atoms with E-state index in [1.165, 1.54) is 11.3 Å². The van der Waals surface area contributed by atoms with Gasteiger partial charge < -0.3 is 16.2 Å². The molecule has 37 heavy (non-hydrogen) atoms. The van der Waals surface area contributed by atoms with Gasteiger partial charge in [0.1, 0.15) is 5.82 Å². The molecule has 4 rings (SSSR count). The van der Waals surface area contributed by atoms with Crippen LogP contribution in [0.5, 0.6) is 0 Å². The minimum absolute atomic E-state index is 0.263. The Bertz CT molecular complexity index is 1410. The molecule has 192 valence electrons. The Hall–Kier alpha value is -3.96. The number of aliphatic carboxylic acids is 1. The summed E-state index contributed by atoms with van der Waals surface area (Å²) in [5, 5.41) is 15.7. The lowest BCUT2D eigenvalue weighted by molar-refractivity contribution is -0.144. The van der Waals surface area contributed by atoms with E-state index < -0.39 is 17.3 Å². The number of carboxylic acids is 1. The highest BCUT2D eigenvalue weighted by atomic mass is 32.1. The second-order valence-corrected chi connectivity index (χ2v) is 10.1. The summed E-state index contributed by atoms with van der Waals surface area (Å²) in [6.07, 6.45) is 5.43. The number of nitrogens with zero attached hydrogens (tertiary/aromatic N) is 4. The van der Waals surface area contributed by atoms with E-state index in [-0.39, 0.29) is 12.6 Å². The van der Waals surface area contributed by atoms with Crippen molar-refractivity contribution in [3.05, 3.63) is 54.7 Å². The van der Waals surface area contributed by atoms with E-state index in [4.69, 9.17) is 5.73 Å². The average Bonchev–Trinajstić information content (AvgIpc) is 3.29. The van der Waals surface area contributed by atoms with E-state index in [1.54, 1.807) is 18.6 Å². The molecule has 0 aliphatic carbocycles. The Morgan fingerprint density at radius 2 is 1.89 bits per heavy atom. The third-order valence-electron chi connectivity index (χ3n) is 6.17. The number of fused-ring (bicyclic) bond motifs is 1. The van der Waals surface area contributed by atoms with Crippen molar-refractivity contribution < 1.29 is 14.7 Å². The lowest BCUT2D eigenvalue weighted by Gasteiger charge is -2.29. The van der Waals surface area contributed by atoms with Crippen LogP contribution >= 0.6 is 11.3 Å². The maximum absolute atomic E-state index is 12.0. The number of urea groups is 1. The van der Waals surface area contributed by atoms with Gasteiger partial charge in [-0.05, 0) is 49.7 Å². The van der Waals surface area contributed by atoms with Crippen LogP contribution in [0, 0.1) is 5.92 Å². The first kappa shape index (κ1) is 26.1. The van der Waals surface area contributed by atoms with Crippen LogP contribution in [-0.4, -0.2) is 50.1 Å². The predicted molar refractivity (Wildman–Crippen MR) is 144 cm³/mol. The molecule has 10 nitrogen and oxygen atoms in total.